The van der Waals surface area contributed by atoms with Gasteiger partial charge < -0.3 is 15.1 Å². The summed E-state index contributed by atoms with van der Waals surface area (Å²) in [4.78, 5) is 29.3. The van der Waals surface area contributed by atoms with Crippen LogP contribution in [-0.2, 0) is 21.2 Å². The highest BCUT2D eigenvalue weighted by molar-refractivity contribution is 7.89. The van der Waals surface area contributed by atoms with Crippen LogP contribution in [0.1, 0.15) is 35.2 Å². The number of amides is 2. The van der Waals surface area contributed by atoms with Crippen molar-refractivity contribution in [3.05, 3.63) is 59.7 Å². The largest absolute Gasteiger partial charge is 0.336 e. The van der Waals surface area contributed by atoms with E-state index in [4.69, 9.17) is 0 Å². The van der Waals surface area contributed by atoms with Crippen LogP contribution in [0.2, 0.25) is 0 Å². The Morgan fingerprint density at radius 2 is 1.58 bits per heavy atom. The first-order chi connectivity index (χ1) is 15.8. The van der Waals surface area contributed by atoms with Crippen molar-refractivity contribution in [1.29, 1.82) is 0 Å². The molecule has 2 aromatic rings. The molecule has 2 N–H and O–H groups in total. The summed E-state index contributed by atoms with van der Waals surface area (Å²) in [5.41, 5.74) is 2.15. The quantitative estimate of drug-likeness (QED) is 0.616. The van der Waals surface area contributed by atoms with Gasteiger partial charge >= 0.3 is 0 Å². The fraction of sp³-hybridized carbons (Fsp3) is 0.417. The molecule has 2 fully saturated rings. The van der Waals surface area contributed by atoms with E-state index in [0.717, 1.165) is 44.6 Å². The molecule has 2 aromatic carbocycles. The minimum Gasteiger partial charge on any atom is -0.336 e. The number of carbonyl (C=O) groups excluding carboxylic acids is 2. The lowest BCUT2D eigenvalue weighted by atomic mass is 10.1. The minimum absolute atomic E-state index is 0.0127. The summed E-state index contributed by atoms with van der Waals surface area (Å²) in [5, 5.41) is 2.85. The number of sulfonamides is 1. The van der Waals surface area contributed by atoms with Crippen LogP contribution >= 0.6 is 0 Å². The number of hydrogen-bond donors (Lipinski definition) is 2. The molecule has 1 saturated heterocycles. The molecule has 176 valence electrons. The summed E-state index contributed by atoms with van der Waals surface area (Å²) in [5.74, 6) is -0.126. The molecule has 1 aliphatic carbocycles. The first kappa shape index (κ1) is 23.4. The van der Waals surface area contributed by atoms with Crippen LogP contribution in [0, 0.1) is 0 Å². The molecule has 2 aliphatic rings. The van der Waals surface area contributed by atoms with Crippen molar-refractivity contribution in [2.75, 3.05) is 38.5 Å². The zero-order valence-corrected chi connectivity index (χ0v) is 19.6. The van der Waals surface area contributed by atoms with Crippen LogP contribution in [0.5, 0.6) is 0 Å². The molecule has 0 spiro atoms. The second-order valence-corrected chi connectivity index (χ2v) is 10.5. The molecule has 1 heterocycles. The van der Waals surface area contributed by atoms with Crippen molar-refractivity contribution >= 4 is 27.5 Å². The van der Waals surface area contributed by atoms with Crippen molar-refractivity contribution in [3.63, 3.8) is 0 Å². The van der Waals surface area contributed by atoms with Gasteiger partial charge in [-0.3, -0.25) is 9.59 Å². The van der Waals surface area contributed by atoms with E-state index in [1.165, 1.54) is 0 Å². The number of nitrogens with one attached hydrogen (secondary N) is 2. The van der Waals surface area contributed by atoms with E-state index in [2.05, 4.69) is 14.9 Å². The third-order valence-electron chi connectivity index (χ3n) is 5.98. The SMILES string of the molecule is CN1CCN(C(=O)c2ccc(NC(=O)CCc3ccc(S(=O)(=O)NC4CC4)cc3)cc2)CC1. The van der Waals surface area contributed by atoms with Crippen molar-refractivity contribution in [2.45, 2.75) is 36.6 Å². The number of carbonyl (C=O) groups is 2. The zero-order chi connectivity index (χ0) is 23.4. The summed E-state index contributed by atoms with van der Waals surface area (Å²) in [6.45, 7) is 3.18. The Bertz CT molecular complexity index is 1090. The maximum atomic E-state index is 12.6. The van der Waals surface area contributed by atoms with Crippen molar-refractivity contribution in [1.82, 2.24) is 14.5 Å². The predicted molar refractivity (Wildman–Crippen MR) is 127 cm³/mol. The van der Waals surface area contributed by atoms with Crippen molar-refractivity contribution < 1.29 is 18.0 Å². The van der Waals surface area contributed by atoms with E-state index in [0.29, 0.717) is 17.7 Å². The van der Waals surface area contributed by atoms with Gasteiger partial charge in [-0.05, 0) is 68.3 Å². The van der Waals surface area contributed by atoms with Gasteiger partial charge in [-0.1, -0.05) is 12.1 Å². The standard InChI is InChI=1S/C24H30N4O4S/c1-27-14-16-28(17-15-27)24(30)19-5-7-20(8-6-19)25-23(29)13-4-18-2-11-22(12-3-18)33(31,32)26-21-9-10-21/h2-3,5-8,11-12,21,26H,4,9-10,13-17H2,1H3,(H,25,29). The van der Waals surface area contributed by atoms with Crippen molar-refractivity contribution in [3.8, 4) is 0 Å². The minimum atomic E-state index is -3.46. The average molecular weight is 471 g/mol. The normalized spacial score (nSPS) is 17.1. The van der Waals surface area contributed by atoms with E-state index in [-0.39, 0.29) is 29.2 Å². The Morgan fingerprint density at radius 1 is 0.939 bits per heavy atom. The lowest BCUT2D eigenvalue weighted by molar-refractivity contribution is -0.116. The summed E-state index contributed by atoms with van der Waals surface area (Å²) >= 11 is 0. The van der Waals surface area contributed by atoms with Gasteiger partial charge in [0, 0.05) is 49.9 Å². The highest BCUT2D eigenvalue weighted by atomic mass is 32.2. The number of hydrogen-bond acceptors (Lipinski definition) is 5. The van der Waals surface area contributed by atoms with E-state index < -0.39 is 10.0 Å². The molecular formula is C24H30N4O4S. The van der Waals surface area contributed by atoms with E-state index in [1.807, 2.05) is 11.9 Å². The van der Waals surface area contributed by atoms with Crippen LogP contribution in [-0.4, -0.2) is 69.3 Å². The lowest BCUT2D eigenvalue weighted by Gasteiger charge is -2.32. The van der Waals surface area contributed by atoms with Gasteiger partial charge in [0.25, 0.3) is 5.91 Å². The Labute approximate surface area is 195 Å². The molecule has 0 unspecified atom stereocenters. The predicted octanol–water partition coefficient (Wildman–Crippen LogP) is 2.09. The molecular weight excluding hydrogens is 440 g/mol. The average Bonchev–Trinajstić information content (AvgIpc) is 3.62. The smallest absolute Gasteiger partial charge is 0.253 e. The number of anilines is 1. The Morgan fingerprint density at radius 3 is 2.18 bits per heavy atom. The van der Waals surface area contributed by atoms with E-state index >= 15 is 0 Å². The second-order valence-electron chi connectivity index (χ2n) is 8.76. The first-order valence-corrected chi connectivity index (χ1v) is 12.8. The highest BCUT2D eigenvalue weighted by Gasteiger charge is 2.27. The fourth-order valence-electron chi connectivity index (χ4n) is 3.69. The van der Waals surface area contributed by atoms with Gasteiger partial charge in [-0.2, -0.15) is 0 Å². The molecule has 1 aliphatic heterocycles. The van der Waals surface area contributed by atoms with Gasteiger partial charge in [-0.25, -0.2) is 13.1 Å². The molecule has 9 heteroatoms. The summed E-state index contributed by atoms with van der Waals surface area (Å²) < 4.78 is 27.1. The Kier molecular flexibility index (Phi) is 7.11. The number of rotatable bonds is 8. The molecule has 8 nitrogen and oxygen atoms in total. The third kappa shape index (κ3) is 6.40. The molecule has 0 bridgehead atoms. The molecule has 1 saturated carbocycles. The maximum absolute atomic E-state index is 12.6. The molecule has 0 atom stereocenters. The zero-order valence-electron chi connectivity index (χ0n) is 18.8. The fourth-order valence-corrected chi connectivity index (χ4v) is 5.00. The monoisotopic (exact) mass is 470 g/mol. The Hall–Kier alpha value is -2.75. The van der Waals surface area contributed by atoms with Gasteiger partial charge in [0.2, 0.25) is 15.9 Å². The van der Waals surface area contributed by atoms with E-state index in [1.54, 1.807) is 48.5 Å². The highest BCUT2D eigenvalue weighted by Crippen LogP contribution is 2.22. The lowest BCUT2D eigenvalue weighted by Crippen LogP contribution is -2.47. The van der Waals surface area contributed by atoms with E-state index in [9.17, 15) is 18.0 Å². The van der Waals surface area contributed by atoms with Gasteiger partial charge in [0.1, 0.15) is 0 Å². The number of benzene rings is 2. The molecule has 0 aromatic heterocycles. The number of likely N-dealkylation sites (N-methyl/N-ethyl adjacent to an activating group) is 1. The molecule has 0 radical (unpaired) electrons. The van der Waals surface area contributed by atoms with Crippen LogP contribution in [0.25, 0.3) is 0 Å². The topological polar surface area (TPSA) is 98.8 Å². The summed E-state index contributed by atoms with van der Waals surface area (Å²) in [6, 6.07) is 13.7. The first-order valence-electron chi connectivity index (χ1n) is 11.3. The van der Waals surface area contributed by atoms with Gasteiger partial charge in [-0.15, -0.1) is 0 Å². The van der Waals surface area contributed by atoms with Crippen LogP contribution in [0.15, 0.2) is 53.4 Å². The molecule has 4 rings (SSSR count). The third-order valence-corrected chi connectivity index (χ3v) is 7.52. The van der Waals surface area contributed by atoms with Crippen LogP contribution in [0.3, 0.4) is 0 Å². The summed E-state index contributed by atoms with van der Waals surface area (Å²) in [7, 11) is -1.42. The van der Waals surface area contributed by atoms with Crippen LogP contribution < -0.4 is 10.0 Å². The number of aryl methyl sites for hydroxylation is 1. The molecule has 2 amide bonds. The van der Waals surface area contributed by atoms with Crippen LogP contribution in [0.4, 0.5) is 5.69 Å². The Balaban J connectivity index is 1.25. The number of piperazine rings is 1. The van der Waals surface area contributed by atoms with Crippen molar-refractivity contribution in [2.24, 2.45) is 0 Å². The number of nitrogens with zero attached hydrogens (tertiary/aromatic N) is 2. The second kappa shape index (κ2) is 10.0. The van der Waals surface area contributed by atoms with Gasteiger partial charge in [0.15, 0.2) is 0 Å². The maximum Gasteiger partial charge on any atom is 0.253 e. The van der Waals surface area contributed by atoms with Gasteiger partial charge in [0.05, 0.1) is 4.90 Å². The molecule has 33 heavy (non-hydrogen) atoms. The summed E-state index contributed by atoms with van der Waals surface area (Å²) in [6.07, 6.45) is 2.56.